The maximum absolute atomic E-state index is 12.6. The number of carbonyl (C=O) groups excluding carboxylic acids is 1. The van der Waals surface area contributed by atoms with Crippen LogP contribution in [0.5, 0.6) is 0 Å². The molecule has 0 unspecified atom stereocenters. The minimum Gasteiger partial charge on any atom is -0.403 e. The molecule has 0 aliphatic rings. The molecule has 0 spiro atoms. The predicted octanol–water partition coefficient (Wildman–Crippen LogP) is 7.26. The fourth-order valence-corrected chi connectivity index (χ4v) is 4.13. The van der Waals surface area contributed by atoms with Gasteiger partial charge in [0.25, 0.3) is 0 Å². The van der Waals surface area contributed by atoms with Gasteiger partial charge in [0.1, 0.15) is 5.82 Å². The van der Waals surface area contributed by atoms with Gasteiger partial charge < -0.3 is 21.4 Å². The van der Waals surface area contributed by atoms with Crippen molar-refractivity contribution in [3.63, 3.8) is 0 Å². The number of carbonyl (C=O) groups is 1. The van der Waals surface area contributed by atoms with Crippen LogP contribution in [0, 0.1) is 23.2 Å². The number of allylic oxidation sites excluding steroid dienone is 1. The van der Waals surface area contributed by atoms with Crippen molar-refractivity contribution in [3.05, 3.63) is 84.6 Å². The van der Waals surface area contributed by atoms with Crippen molar-refractivity contribution in [1.82, 2.24) is 20.6 Å². The molecule has 0 saturated heterocycles. The highest BCUT2D eigenvalue weighted by Gasteiger charge is 2.28. The molecule has 1 heterocycles. The number of nitrogens with two attached hydrogens (primary N) is 1. The van der Waals surface area contributed by atoms with E-state index in [-0.39, 0.29) is 17.9 Å². The molecule has 0 saturated carbocycles. The number of amides is 1. The van der Waals surface area contributed by atoms with Gasteiger partial charge in [0.15, 0.2) is 0 Å². The van der Waals surface area contributed by atoms with E-state index < -0.39 is 5.41 Å². The van der Waals surface area contributed by atoms with E-state index in [1.54, 1.807) is 6.20 Å². The molecule has 0 aliphatic carbocycles. The van der Waals surface area contributed by atoms with Crippen molar-refractivity contribution in [2.75, 3.05) is 0 Å². The van der Waals surface area contributed by atoms with E-state index in [1.807, 2.05) is 27.0 Å². The Morgan fingerprint density at radius 2 is 1.46 bits per heavy atom. The van der Waals surface area contributed by atoms with E-state index >= 15 is 0 Å². The van der Waals surface area contributed by atoms with Crippen LogP contribution in [-0.2, 0) is 4.79 Å². The molecular weight excluding hydrogens is 482 g/mol. The second-order valence-corrected chi connectivity index (χ2v) is 12.0. The summed E-state index contributed by atoms with van der Waals surface area (Å²) in [6.45, 7) is 20.6. The molecule has 6 nitrogen and oxygen atoms in total. The van der Waals surface area contributed by atoms with Crippen molar-refractivity contribution in [2.45, 2.75) is 61.4 Å². The molecule has 3 rings (SSSR count). The van der Waals surface area contributed by atoms with Gasteiger partial charge in [-0.05, 0) is 40.0 Å². The van der Waals surface area contributed by atoms with Gasteiger partial charge in [0, 0.05) is 17.3 Å². The Morgan fingerprint density at radius 3 is 1.95 bits per heavy atom. The first-order valence-electron chi connectivity index (χ1n) is 13.8. The third-order valence-electron chi connectivity index (χ3n) is 7.26. The molecule has 0 radical (unpaired) electrons. The average molecular weight is 528 g/mol. The van der Waals surface area contributed by atoms with Crippen molar-refractivity contribution >= 4 is 11.6 Å². The molecular formula is C33H45N5O. The highest BCUT2D eigenvalue weighted by Crippen LogP contribution is 2.28. The van der Waals surface area contributed by atoms with Gasteiger partial charge >= 0.3 is 0 Å². The molecule has 1 aromatic heterocycles. The summed E-state index contributed by atoms with van der Waals surface area (Å²) in [4.78, 5) is 20.6. The minimum absolute atomic E-state index is 0.00873. The summed E-state index contributed by atoms with van der Waals surface area (Å²) in [5, 5.41) is 6.54. The van der Waals surface area contributed by atoms with E-state index in [1.165, 1.54) is 0 Å². The normalized spacial score (nSPS) is 13.8. The summed E-state index contributed by atoms with van der Waals surface area (Å²) in [7, 11) is 0. The number of aromatic nitrogens is 2. The molecule has 5 N–H and O–H groups in total. The number of benzene rings is 2. The number of aromatic amines is 1. The second-order valence-electron chi connectivity index (χ2n) is 12.0. The number of hydrogen-bond donors (Lipinski definition) is 4. The first-order valence-corrected chi connectivity index (χ1v) is 13.8. The highest BCUT2D eigenvalue weighted by atomic mass is 16.2. The average Bonchev–Trinajstić information content (AvgIpc) is 3.39. The SMILES string of the molecule is C=C(N/C(=C\N)c1ccc(-c2ccc(-c3cnc([C@@H](NC(=O)C(C)(C)C)C(C)C)[nH]3)cc2)cc1)[C@@H](C)C(C)C. The van der Waals surface area contributed by atoms with Crippen LogP contribution in [0.3, 0.4) is 0 Å². The molecule has 39 heavy (non-hydrogen) atoms. The summed E-state index contributed by atoms with van der Waals surface area (Å²) in [6.07, 6.45) is 3.43. The summed E-state index contributed by atoms with van der Waals surface area (Å²) in [5.74, 6) is 1.80. The molecule has 2 aromatic carbocycles. The molecule has 0 bridgehead atoms. The number of rotatable bonds is 10. The summed E-state index contributed by atoms with van der Waals surface area (Å²) < 4.78 is 0. The van der Waals surface area contributed by atoms with Crippen LogP contribution >= 0.6 is 0 Å². The second kappa shape index (κ2) is 12.4. The zero-order valence-electron chi connectivity index (χ0n) is 24.7. The van der Waals surface area contributed by atoms with Crippen molar-refractivity contribution in [3.8, 4) is 22.4 Å². The van der Waals surface area contributed by atoms with Crippen LogP contribution in [0.1, 0.15) is 72.8 Å². The van der Waals surface area contributed by atoms with E-state index in [2.05, 4.69) is 110 Å². The first-order chi connectivity index (χ1) is 18.3. The molecule has 208 valence electrons. The van der Waals surface area contributed by atoms with Gasteiger partial charge in [-0.1, -0.05) is 110 Å². The van der Waals surface area contributed by atoms with E-state index in [9.17, 15) is 4.79 Å². The van der Waals surface area contributed by atoms with Crippen LogP contribution in [0.15, 0.2) is 73.2 Å². The minimum atomic E-state index is -0.462. The fraction of sp³-hybridized carbons (Fsp3) is 0.394. The zero-order valence-corrected chi connectivity index (χ0v) is 24.7. The predicted molar refractivity (Wildman–Crippen MR) is 163 cm³/mol. The monoisotopic (exact) mass is 527 g/mol. The Hall–Kier alpha value is -3.80. The van der Waals surface area contributed by atoms with Crippen LogP contribution in [-0.4, -0.2) is 15.9 Å². The number of nitrogens with one attached hydrogen (secondary N) is 3. The largest absolute Gasteiger partial charge is 0.403 e. The molecule has 0 aliphatic heterocycles. The number of hydrogen-bond acceptors (Lipinski definition) is 4. The van der Waals surface area contributed by atoms with Gasteiger partial charge in [0.2, 0.25) is 5.91 Å². The smallest absolute Gasteiger partial charge is 0.225 e. The van der Waals surface area contributed by atoms with E-state index in [4.69, 9.17) is 5.73 Å². The van der Waals surface area contributed by atoms with Crippen LogP contribution in [0.2, 0.25) is 0 Å². The van der Waals surface area contributed by atoms with Crippen molar-refractivity contribution in [1.29, 1.82) is 0 Å². The lowest BCUT2D eigenvalue weighted by Gasteiger charge is -2.25. The molecule has 0 fully saturated rings. The van der Waals surface area contributed by atoms with Crippen LogP contribution in [0.4, 0.5) is 0 Å². The summed E-state index contributed by atoms with van der Waals surface area (Å²) >= 11 is 0. The topological polar surface area (TPSA) is 95.8 Å². The third-order valence-corrected chi connectivity index (χ3v) is 7.26. The number of nitrogens with zero attached hydrogens (tertiary/aromatic N) is 1. The van der Waals surface area contributed by atoms with E-state index in [0.717, 1.165) is 45.2 Å². The molecule has 1 amide bonds. The molecule has 2 atom stereocenters. The quantitative estimate of drug-likeness (QED) is 0.223. The van der Waals surface area contributed by atoms with Crippen LogP contribution < -0.4 is 16.4 Å². The maximum Gasteiger partial charge on any atom is 0.225 e. The molecule has 6 heteroatoms. The number of H-pyrrole nitrogens is 1. The lowest BCUT2D eigenvalue weighted by Crippen LogP contribution is -2.39. The fourth-order valence-electron chi connectivity index (χ4n) is 4.13. The summed E-state index contributed by atoms with van der Waals surface area (Å²) in [6, 6.07) is 16.5. The van der Waals surface area contributed by atoms with Crippen LogP contribution in [0.25, 0.3) is 28.1 Å². The van der Waals surface area contributed by atoms with Gasteiger partial charge in [-0.25, -0.2) is 4.98 Å². The number of imidazole rings is 1. The zero-order chi connectivity index (χ0) is 28.9. The standard InChI is InChI=1S/C33H45N5O/c1-20(2)22(5)23(6)36-28(18-34)26-14-10-24(11-15-26)25-12-16-27(17-13-25)29-19-35-31(37-29)30(21(3)4)38-32(39)33(7,8)9/h10-22,30,36H,6,34H2,1-5,7-9H3,(H,35,37)(H,38,39)/b28-18-/t22-,30-/m0/s1. The van der Waals surface area contributed by atoms with Gasteiger partial charge in [-0.2, -0.15) is 0 Å². The Kier molecular flexibility index (Phi) is 9.44. The van der Waals surface area contributed by atoms with Gasteiger partial charge in [0.05, 0.1) is 23.6 Å². The Balaban J connectivity index is 1.74. The Morgan fingerprint density at radius 1 is 0.923 bits per heavy atom. The lowest BCUT2D eigenvalue weighted by molar-refractivity contribution is -0.129. The summed E-state index contributed by atoms with van der Waals surface area (Å²) in [5.41, 5.74) is 12.5. The van der Waals surface area contributed by atoms with Crippen molar-refractivity contribution < 1.29 is 4.79 Å². The van der Waals surface area contributed by atoms with Gasteiger partial charge in [-0.3, -0.25) is 4.79 Å². The highest BCUT2D eigenvalue weighted by molar-refractivity contribution is 5.81. The molecule has 3 aromatic rings. The lowest BCUT2D eigenvalue weighted by atomic mass is 9.94. The maximum atomic E-state index is 12.6. The van der Waals surface area contributed by atoms with E-state index in [0.29, 0.717) is 11.8 Å². The third kappa shape index (κ3) is 7.41. The van der Waals surface area contributed by atoms with Crippen molar-refractivity contribution in [2.24, 2.45) is 28.9 Å². The Bertz CT molecular complexity index is 1290. The first kappa shape index (κ1) is 29.8. The van der Waals surface area contributed by atoms with Gasteiger partial charge in [-0.15, -0.1) is 0 Å². The Labute approximate surface area is 234 Å².